The monoisotopic (exact) mass is 807 g/mol. The van der Waals surface area contributed by atoms with Crippen molar-refractivity contribution in [2.24, 2.45) is 0 Å². The Bertz CT molecular complexity index is 2870. The minimum absolute atomic E-state index is 0.0387. The summed E-state index contributed by atoms with van der Waals surface area (Å²) in [4.78, 5) is 7.88. The summed E-state index contributed by atoms with van der Waals surface area (Å²) in [6.45, 7) is 18.9. The van der Waals surface area contributed by atoms with Crippen molar-refractivity contribution < 1.29 is 0 Å². The fraction of sp³-hybridized carbons (Fsp3) is 0.276. The van der Waals surface area contributed by atoms with Crippen LogP contribution in [0.15, 0.2) is 158 Å². The molecule has 7 aromatic rings. The van der Waals surface area contributed by atoms with Crippen LogP contribution in [0.5, 0.6) is 0 Å². The molecule has 3 aliphatic heterocycles. The van der Waals surface area contributed by atoms with Gasteiger partial charge in [-0.1, -0.05) is 151 Å². The molecule has 0 radical (unpaired) electrons. The molecule has 308 valence electrons. The maximum Gasteiger partial charge on any atom is 0.252 e. The first-order chi connectivity index (χ1) is 29.8. The Morgan fingerprint density at radius 2 is 1.05 bits per heavy atom. The minimum Gasteiger partial charge on any atom is -0.334 e. The molecule has 4 heteroatoms. The van der Waals surface area contributed by atoms with Crippen LogP contribution in [-0.2, 0) is 16.2 Å². The zero-order valence-electron chi connectivity index (χ0n) is 37.8. The van der Waals surface area contributed by atoms with E-state index in [1.807, 2.05) is 0 Å². The fourth-order valence-electron chi connectivity index (χ4n) is 12.1. The van der Waals surface area contributed by atoms with Crippen molar-refractivity contribution in [2.45, 2.75) is 103 Å². The van der Waals surface area contributed by atoms with Crippen molar-refractivity contribution >= 4 is 68.6 Å². The van der Waals surface area contributed by atoms with Crippen molar-refractivity contribution in [3.63, 3.8) is 0 Å². The average molecular weight is 808 g/mol. The molecule has 3 nitrogen and oxygen atoms in total. The van der Waals surface area contributed by atoms with Crippen molar-refractivity contribution in [1.82, 2.24) is 0 Å². The standard InChI is InChI=1S/C58H58BN3/c1-39-35-52-54-53(36-39)61(44-28-25-40(26-29-44)55(2,3)4)51-38-45(30-31-48(51)59(54)47-23-15-16-24-50(47)60(52)43-21-13-10-14-22-43)62-49-32-27-42(56(5,6)7)37-46(49)58(41-19-11-9-12-20-41)34-18-17-33-57(58,62)8/h9-16,19-32,35-38H,17-18,33-34H2,1-8H3. The second-order valence-corrected chi connectivity index (χ2v) is 20.8. The van der Waals surface area contributed by atoms with Crippen LogP contribution in [0, 0.1) is 6.92 Å². The fourth-order valence-corrected chi connectivity index (χ4v) is 12.1. The van der Waals surface area contributed by atoms with Crippen LogP contribution in [-0.4, -0.2) is 12.3 Å². The van der Waals surface area contributed by atoms with Gasteiger partial charge >= 0.3 is 0 Å². The van der Waals surface area contributed by atoms with Crippen molar-refractivity contribution in [3.05, 3.63) is 186 Å². The molecule has 1 aliphatic carbocycles. The third-order valence-electron chi connectivity index (χ3n) is 15.1. The highest BCUT2D eigenvalue weighted by molar-refractivity contribution is 7.00. The van der Waals surface area contributed by atoms with Gasteiger partial charge in [0.2, 0.25) is 0 Å². The summed E-state index contributed by atoms with van der Waals surface area (Å²) in [5.41, 5.74) is 20.7. The van der Waals surface area contributed by atoms with Crippen molar-refractivity contribution in [3.8, 4) is 0 Å². The van der Waals surface area contributed by atoms with E-state index in [4.69, 9.17) is 0 Å². The molecule has 4 aliphatic rings. The number of rotatable bonds is 4. The maximum absolute atomic E-state index is 2.78. The van der Waals surface area contributed by atoms with E-state index in [1.165, 1.54) is 103 Å². The number of hydrogen-bond acceptors (Lipinski definition) is 3. The predicted octanol–water partition coefficient (Wildman–Crippen LogP) is 13.4. The minimum atomic E-state index is -0.178. The maximum atomic E-state index is 2.78. The summed E-state index contributed by atoms with van der Waals surface area (Å²) < 4.78 is 0. The molecule has 0 N–H and O–H groups in total. The molecule has 0 bridgehead atoms. The van der Waals surface area contributed by atoms with Crippen molar-refractivity contribution in [1.29, 1.82) is 0 Å². The normalized spacial score (nSPS) is 20.0. The molecule has 1 fully saturated rings. The molecule has 11 rings (SSSR count). The molecule has 2 unspecified atom stereocenters. The quantitative estimate of drug-likeness (QED) is 0.164. The summed E-state index contributed by atoms with van der Waals surface area (Å²) in [6, 6.07) is 60.8. The first-order valence-electron chi connectivity index (χ1n) is 22.9. The van der Waals surface area contributed by atoms with Gasteiger partial charge in [0.25, 0.3) is 6.71 Å². The highest BCUT2D eigenvalue weighted by atomic mass is 15.3. The number of fused-ring (bicyclic) bond motifs is 7. The number of nitrogens with zero attached hydrogens (tertiary/aromatic N) is 3. The second-order valence-electron chi connectivity index (χ2n) is 20.8. The van der Waals surface area contributed by atoms with Crippen LogP contribution in [0.2, 0.25) is 0 Å². The average Bonchev–Trinajstić information content (AvgIpc) is 3.51. The summed E-state index contributed by atoms with van der Waals surface area (Å²) in [5, 5.41) is 0. The Morgan fingerprint density at radius 3 is 1.74 bits per heavy atom. The third-order valence-corrected chi connectivity index (χ3v) is 15.1. The lowest BCUT2D eigenvalue weighted by Gasteiger charge is -2.52. The lowest BCUT2D eigenvalue weighted by Crippen LogP contribution is -2.61. The Hall–Kier alpha value is -6.00. The molecular weight excluding hydrogens is 749 g/mol. The van der Waals surface area contributed by atoms with Crippen molar-refractivity contribution in [2.75, 3.05) is 14.7 Å². The Kier molecular flexibility index (Phi) is 8.63. The van der Waals surface area contributed by atoms with E-state index in [-0.39, 0.29) is 28.5 Å². The largest absolute Gasteiger partial charge is 0.334 e. The molecule has 1 saturated carbocycles. The Labute approximate surface area is 370 Å². The van der Waals surface area contributed by atoms with Gasteiger partial charge < -0.3 is 14.7 Å². The zero-order chi connectivity index (χ0) is 42.8. The molecule has 0 spiro atoms. The Morgan fingerprint density at radius 1 is 0.484 bits per heavy atom. The van der Waals surface area contributed by atoms with Crippen LogP contribution in [0.4, 0.5) is 45.5 Å². The molecular formula is C58H58BN3. The highest BCUT2D eigenvalue weighted by Crippen LogP contribution is 2.64. The third kappa shape index (κ3) is 5.57. The second kappa shape index (κ2) is 13.8. The molecule has 7 aromatic carbocycles. The van der Waals surface area contributed by atoms with Crippen LogP contribution >= 0.6 is 0 Å². The smallest absolute Gasteiger partial charge is 0.252 e. The molecule has 0 aromatic heterocycles. The van der Waals surface area contributed by atoms with E-state index in [0.29, 0.717) is 0 Å². The van der Waals surface area contributed by atoms with Gasteiger partial charge in [-0.2, -0.15) is 0 Å². The van der Waals surface area contributed by atoms with Gasteiger partial charge in [-0.05, 0) is 142 Å². The number of anilines is 8. The highest BCUT2D eigenvalue weighted by Gasteiger charge is 2.61. The predicted molar refractivity (Wildman–Crippen MR) is 265 cm³/mol. The van der Waals surface area contributed by atoms with Crippen LogP contribution in [0.25, 0.3) is 0 Å². The van der Waals surface area contributed by atoms with E-state index in [0.717, 1.165) is 12.8 Å². The first kappa shape index (κ1) is 38.9. The van der Waals surface area contributed by atoms with Gasteiger partial charge in [-0.15, -0.1) is 0 Å². The number of benzene rings is 7. The van der Waals surface area contributed by atoms with E-state index >= 15 is 0 Å². The van der Waals surface area contributed by atoms with Gasteiger partial charge in [0.15, 0.2) is 0 Å². The van der Waals surface area contributed by atoms with Gasteiger partial charge in [-0.25, -0.2) is 0 Å². The molecule has 62 heavy (non-hydrogen) atoms. The van der Waals surface area contributed by atoms with Gasteiger partial charge in [0, 0.05) is 50.9 Å². The van der Waals surface area contributed by atoms with Gasteiger partial charge in [0.05, 0.1) is 5.54 Å². The first-order valence-corrected chi connectivity index (χ1v) is 22.9. The van der Waals surface area contributed by atoms with Gasteiger partial charge in [-0.3, -0.25) is 0 Å². The van der Waals surface area contributed by atoms with Gasteiger partial charge in [0.1, 0.15) is 0 Å². The topological polar surface area (TPSA) is 9.72 Å². The molecule has 0 amide bonds. The molecule has 3 heterocycles. The summed E-state index contributed by atoms with van der Waals surface area (Å²) >= 11 is 0. The van der Waals surface area contributed by atoms with E-state index in [9.17, 15) is 0 Å². The Balaban J connectivity index is 1.18. The summed E-state index contributed by atoms with van der Waals surface area (Å²) in [5.74, 6) is 0. The number of para-hydroxylation sites is 2. The SMILES string of the molecule is Cc1cc2c3c(c1)N(c1ccc(C(C)(C)C)cc1)c1cc(N4c5ccc(C(C)(C)C)cc5C5(c6ccccc6)CCCCC45C)ccc1B3c1ccccc1N2c1ccccc1. The summed E-state index contributed by atoms with van der Waals surface area (Å²) in [7, 11) is 0. The molecule has 0 saturated heterocycles. The van der Waals surface area contributed by atoms with Crippen LogP contribution < -0.4 is 31.1 Å². The van der Waals surface area contributed by atoms with E-state index < -0.39 is 0 Å². The molecule has 2 atom stereocenters. The van der Waals surface area contributed by atoms with Crippen LogP contribution in [0.3, 0.4) is 0 Å². The van der Waals surface area contributed by atoms with Crippen LogP contribution in [0.1, 0.15) is 102 Å². The number of hydrogen-bond donors (Lipinski definition) is 0. The van der Waals surface area contributed by atoms with E-state index in [1.54, 1.807) is 0 Å². The number of aryl methyl sites for hydroxylation is 1. The van der Waals surface area contributed by atoms with E-state index in [2.05, 4.69) is 228 Å². The lowest BCUT2D eigenvalue weighted by molar-refractivity contribution is 0.215. The summed E-state index contributed by atoms with van der Waals surface area (Å²) in [6.07, 6.45) is 4.69. The lowest BCUT2D eigenvalue weighted by atomic mass is 9.33. The zero-order valence-corrected chi connectivity index (χ0v) is 37.8.